The molecule has 0 atom stereocenters. The molecule has 6 nitrogen and oxygen atoms in total. The van der Waals surface area contributed by atoms with Gasteiger partial charge in [-0.25, -0.2) is 9.78 Å². The summed E-state index contributed by atoms with van der Waals surface area (Å²) in [6, 6.07) is 18.9. The van der Waals surface area contributed by atoms with Crippen molar-refractivity contribution in [2.24, 2.45) is 0 Å². The summed E-state index contributed by atoms with van der Waals surface area (Å²) in [6.45, 7) is 0.266. The van der Waals surface area contributed by atoms with Gasteiger partial charge < -0.3 is 19.1 Å². The first kappa shape index (κ1) is 21.5. The van der Waals surface area contributed by atoms with E-state index in [-0.39, 0.29) is 12.6 Å². The Hall–Kier alpha value is -4.06. The fourth-order valence-electron chi connectivity index (χ4n) is 5.39. The van der Waals surface area contributed by atoms with Crippen molar-refractivity contribution in [1.82, 2.24) is 4.98 Å². The van der Waals surface area contributed by atoms with Crippen LogP contribution in [0.4, 0.5) is 5.82 Å². The standard InChI is InChI=1S/C29H26N2O4/c1-31(22-11-17-6-4-5-7-18(17)12-22)26-9-8-19(15-30-26)27-23-14-25(34-3)24(33-2)13-20(23)10-21-16-35-29(32)28(21)27/h4-10,13-15,22H,11-12,16H2,1-3H3. The molecule has 0 spiro atoms. The number of likely N-dealkylation sites (N-methyl/N-ethyl adjacent to an activating group) is 1. The van der Waals surface area contributed by atoms with Crippen LogP contribution >= 0.6 is 0 Å². The molecule has 0 saturated heterocycles. The smallest absolute Gasteiger partial charge is 0.339 e. The Balaban J connectivity index is 1.41. The second-order valence-electron chi connectivity index (χ2n) is 9.14. The van der Waals surface area contributed by atoms with Gasteiger partial charge in [-0.15, -0.1) is 0 Å². The van der Waals surface area contributed by atoms with E-state index >= 15 is 0 Å². The van der Waals surface area contributed by atoms with E-state index < -0.39 is 0 Å². The van der Waals surface area contributed by atoms with Gasteiger partial charge in [0.15, 0.2) is 11.5 Å². The van der Waals surface area contributed by atoms with Crippen LogP contribution in [-0.2, 0) is 24.2 Å². The zero-order valence-corrected chi connectivity index (χ0v) is 20.0. The van der Waals surface area contributed by atoms with E-state index in [1.165, 1.54) is 11.1 Å². The Bertz CT molecular complexity index is 1440. The number of anilines is 1. The van der Waals surface area contributed by atoms with Gasteiger partial charge in [0.2, 0.25) is 0 Å². The van der Waals surface area contributed by atoms with Crippen molar-refractivity contribution in [2.45, 2.75) is 25.5 Å². The van der Waals surface area contributed by atoms with E-state index in [4.69, 9.17) is 19.2 Å². The molecule has 6 rings (SSSR count). The number of aromatic nitrogens is 1. The summed E-state index contributed by atoms with van der Waals surface area (Å²) in [5.74, 6) is 1.85. The third kappa shape index (κ3) is 3.48. The summed E-state index contributed by atoms with van der Waals surface area (Å²) < 4.78 is 16.5. The number of cyclic esters (lactones) is 1. The van der Waals surface area contributed by atoms with E-state index in [9.17, 15) is 4.79 Å². The predicted octanol–water partition coefficient (Wildman–Crippen LogP) is 5.19. The van der Waals surface area contributed by atoms with Gasteiger partial charge in [-0.1, -0.05) is 24.3 Å². The molecular weight excluding hydrogens is 440 g/mol. The van der Waals surface area contributed by atoms with Crippen LogP contribution in [0.1, 0.15) is 27.0 Å². The Labute approximate surface area is 204 Å². The van der Waals surface area contributed by atoms with Crippen LogP contribution in [0.25, 0.3) is 21.9 Å². The summed E-state index contributed by atoms with van der Waals surface area (Å²) >= 11 is 0. The van der Waals surface area contributed by atoms with Crippen molar-refractivity contribution in [3.05, 3.63) is 83.0 Å². The molecule has 0 saturated carbocycles. The van der Waals surface area contributed by atoms with Crippen molar-refractivity contribution >= 4 is 22.6 Å². The highest BCUT2D eigenvalue weighted by atomic mass is 16.5. The van der Waals surface area contributed by atoms with Gasteiger partial charge >= 0.3 is 5.97 Å². The van der Waals surface area contributed by atoms with Crippen LogP contribution < -0.4 is 14.4 Å². The number of hydrogen-bond acceptors (Lipinski definition) is 6. The van der Waals surface area contributed by atoms with E-state index in [0.717, 1.165) is 46.1 Å². The number of rotatable bonds is 5. The lowest BCUT2D eigenvalue weighted by Gasteiger charge is -2.25. The molecule has 0 bridgehead atoms. The average Bonchev–Trinajstić information content (AvgIpc) is 3.49. The molecule has 0 N–H and O–H groups in total. The lowest BCUT2D eigenvalue weighted by atomic mass is 9.91. The fraction of sp³-hybridized carbons (Fsp3) is 0.241. The van der Waals surface area contributed by atoms with Gasteiger partial charge in [0.1, 0.15) is 12.4 Å². The number of carbonyl (C=O) groups excluding carboxylic acids is 1. The van der Waals surface area contributed by atoms with Crippen molar-refractivity contribution in [3.8, 4) is 22.6 Å². The SMILES string of the molecule is COc1cc2cc3c(c(-c4ccc(N(C)C5Cc6ccccc6C5)nc4)c2cc1OC)C(=O)OC3. The molecular formula is C29H26N2O4. The summed E-state index contributed by atoms with van der Waals surface area (Å²) in [7, 11) is 5.33. The highest BCUT2D eigenvalue weighted by Gasteiger charge is 2.29. The Morgan fingerprint density at radius 3 is 2.29 bits per heavy atom. The summed E-state index contributed by atoms with van der Waals surface area (Å²) in [4.78, 5) is 19.8. The third-order valence-corrected chi connectivity index (χ3v) is 7.26. The first-order valence-electron chi connectivity index (χ1n) is 11.7. The normalized spacial score (nSPS) is 14.5. The number of ether oxygens (including phenoxy) is 3. The van der Waals surface area contributed by atoms with Crippen molar-refractivity contribution in [3.63, 3.8) is 0 Å². The van der Waals surface area contributed by atoms with Crippen molar-refractivity contribution in [2.75, 3.05) is 26.2 Å². The minimum atomic E-state index is -0.309. The van der Waals surface area contributed by atoms with Gasteiger partial charge in [0, 0.05) is 36.0 Å². The maximum atomic E-state index is 12.7. The van der Waals surface area contributed by atoms with E-state index in [2.05, 4.69) is 36.2 Å². The predicted molar refractivity (Wildman–Crippen MR) is 135 cm³/mol. The molecule has 1 aliphatic carbocycles. The van der Waals surface area contributed by atoms with Crippen LogP contribution in [0.15, 0.2) is 60.8 Å². The molecule has 35 heavy (non-hydrogen) atoms. The largest absolute Gasteiger partial charge is 0.493 e. The van der Waals surface area contributed by atoms with Crippen LogP contribution in [0.2, 0.25) is 0 Å². The molecule has 0 amide bonds. The van der Waals surface area contributed by atoms with E-state index in [1.54, 1.807) is 14.2 Å². The summed E-state index contributed by atoms with van der Waals surface area (Å²) in [5.41, 5.74) is 5.97. The molecule has 2 aliphatic rings. The second-order valence-corrected chi connectivity index (χ2v) is 9.14. The van der Waals surface area contributed by atoms with Crippen LogP contribution in [0.3, 0.4) is 0 Å². The first-order valence-corrected chi connectivity index (χ1v) is 11.7. The lowest BCUT2D eigenvalue weighted by molar-refractivity contribution is 0.0535. The summed E-state index contributed by atoms with van der Waals surface area (Å²) in [6.07, 6.45) is 3.88. The van der Waals surface area contributed by atoms with Crippen molar-refractivity contribution in [1.29, 1.82) is 0 Å². The van der Waals surface area contributed by atoms with Crippen LogP contribution in [0.5, 0.6) is 11.5 Å². The van der Waals surface area contributed by atoms with Crippen LogP contribution in [0, 0.1) is 0 Å². The highest BCUT2D eigenvalue weighted by molar-refractivity contribution is 6.11. The molecule has 3 aromatic carbocycles. The Morgan fingerprint density at radius 2 is 1.63 bits per heavy atom. The number of methoxy groups -OCH3 is 2. The zero-order valence-electron chi connectivity index (χ0n) is 20.0. The van der Waals surface area contributed by atoms with Gasteiger partial charge in [0.05, 0.1) is 19.8 Å². The molecule has 1 aromatic heterocycles. The molecule has 1 aliphatic heterocycles. The highest BCUT2D eigenvalue weighted by Crippen LogP contribution is 2.42. The van der Waals surface area contributed by atoms with Crippen LogP contribution in [-0.4, -0.2) is 38.3 Å². The maximum absolute atomic E-state index is 12.7. The lowest BCUT2D eigenvalue weighted by Crippen LogP contribution is -2.32. The number of nitrogens with zero attached hydrogens (tertiary/aromatic N) is 2. The van der Waals surface area contributed by atoms with E-state index in [1.807, 2.05) is 36.5 Å². The first-order chi connectivity index (χ1) is 17.1. The number of pyridine rings is 1. The Kier molecular flexibility index (Phi) is 5.10. The molecule has 176 valence electrons. The number of benzene rings is 3. The monoisotopic (exact) mass is 466 g/mol. The number of hydrogen-bond donors (Lipinski definition) is 0. The number of carbonyl (C=O) groups is 1. The average molecular weight is 467 g/mol. The van der Waals surface area contributed by atoms with Gasteiger partial charge in [0.25, 0.3) is 0 Å². The maximum Gasteiger partial charge on any atom is 0.339 e. The minimum Gasteiger partial charge on any atom is -0.493 e. The van der Waals surface area contributed by atoms with E-state index in [0.29, 0.717) is 23.1 Å². The molecule has 2 heterocycles. The third-order valence-electron chi connectivity index (χ3n) is 7.26. The van der Waals surface area contributed by atoms with Crippen molar-refractivity contribution < 1.29 is 19.0 Å². The second kappa shape index (κ2) is 8.31. The quantitative estimate of drug-likeness (QED) is 0.377. The van der Waals surface area contributed by atoms with Gasteiger partial charge in [-0.05, 0) is 65.1 Å². The topological polar surface area (TPSA) is 60.9 Å². The number of esters is 1. The minimum absolute atomic E-state index is 0.266. The molecule has 4 aromatic rings. The van der Waals surface area contributed by atoms with Gasteiger partial charge in [-0.3, -0.25) is 0 Å². The number of fused-ring (bicyclic) bond motifs is 3. The fourth-order valence-corrected chi connectivity index (χ4v) is 5.39. The molecule has 0 fully saturated rings. The molecule has 6 heteroatoms. The molecule has 0 unspecified atom stereocenters. The zero-order chi connectivity index (χ0) is 24.1. The van der Waals surface area contributed by atoms with Gasteiger partial charge in [-0.2, -0.15) is 0 Å². The Morgan fingerprint density at radius 1 is 0.914 bits per heavy atom. The summed E-state index contributed by atoms with van der Waals surface area (Å²) in [5, 5.41) is 1.86. The molecule has 0 radical (unpaired) electrons.